The minimum Gasteiger partial charge on any atom is -0.335 e. The number of nitrogens with one attached hydrogen (secondary N) is 1. The largest absolute Gasteiger partial charge is 0.335 e. The lowest BCUT2D eigenvalue weighted by Gasteiger charge is -2.20. The van der Waals surface area contributed by atoms with Gasteiger partial charge in [-0.2, -0.15) is 5.10 Å². The zero-order chi connectivity index (χ0) is 14.5. The minimum absolute atomic E-state index is 0.0526. The van der Waals surface area contributed by atoms with Gasteiger partial charge in [0.2, 0.25) is 10.0 Å². The summed E-state index contributed by atoms with van der Waals surface area (Å²) >= 11 is 0. The van der Waals surface area contributed by atoms with Crippen LogP contribution in [0, 0.1) is 0 Å². The fraction of sp³-hybridized carbons (Fsp3) is 0.667. The number of hydrogen-bond donors (Lipinski definition) is 2. The molecule has 0 bridgehead atoms. The maximum atomic E-state index is 12.5. The van der Waals surface area contributed by atoms with Gasteiger partial charge >= 0.3 is 0 Å². The van der Waals surface area contributed by atoms with Crippen LogP contribution in [0.3, 0.4) is 0 Å². The highest BCUT2D eigenvalue weighted by Gasteiger charge is 2.38. The number of amides is 1. The van der Waals surface area contributed by atoms with E-state index in [1.165, 1.54) is 0 Å². The molecule has 7 nitrogen and oxygen atoms in total. The van der Waals surface area contributed by atoms with E-state index in [1.54, 1.807) is 4.90 Å². The van der Waals surface area contributed by atoms with Crippen molar-refractivity contribution in [1.29, 1.82) is 0 Å². The van der Waals surface area contributed by atoms with Crippen molar-refractivity contribution in [2.45, 2.75) is 49.5 Å². The van der Waals surface area contributed by atoms with Crippen molar-refractivity contribution in [2.75, 3.05) is 6.54 Å². The second-order valence-corrected chi connectivity index (χ2v) is 7.12. The number of carbonyl (C=O) groups excluding carboxylic acids is 1. The van der Waals surface area contributed by atoms with E-state index < -0.39 is 10.0 Å². The van der Waals surface area contributed by atoms with Gasteiger partial charge in [0.25, 0.3) is 5.91 Å². The second-order valence-electron chi connectivity index (χ2n) is 5.62. The molecule has 2 aliphatic rings. The zero-order valence-corrected chi connectivity index (χ0v) is 12.1. The highest BCUT2D eigenvalue weighted by atomic mass is 32.2. The predicted molar refractivity (Wildman–Crippen MR) is 71.7 cm³/mol. The number of H-pyrrole nitrogens is 1. The van der Waals surface area contributed by atoms with Crippen molar-refractivity contribution >= 4 is 15.9 Å². The molecule has 1 unspecified atom stereocenters. The van der Waals surface area contributed by atoms with Crippen LogP contribution in [-0.2, 0) is 10.0 Å². The molecule has 1 aromatic rings. The van der Waals surface area contributed by atoms with Crippen LogP contribution < -0.4 is 5.14 Å². The van der Waals surface area contributed by atoms with Crippen LogP contribution in [-0.4, -0.2) is 42.0 Å². The van der Waals surface area contributed by atoms with E-state index in [-0.39, 0.29) is 28.5 Å². The summed E-state index contributed by atoms with van der Waals surface area (Å²) in [5, 5.41) is 11.9. The van der Waals surface area contributed by atoms with Gasteiger partial charge in [-0.3, -0.25) is 9.89 Å². The monoisotopic (exact) mass is 298 g/mol. The summed E-state index contributed by atoms with van der Waals surface area (Å²) in [7, 11) is -3.96. The van der Waals surface area contributed by atoms with Crippen molar-refractivity contribution in [3.8, 4) is 0 Å². The van der Waals surface area contributed by atoms with Gasteiger partial charge in [-0.1, -0.05) is 0 Å². The van der Waals surface area contributed by atoms with Gasteiger partial charge in [0.15, 0.2) is 5.69 Å². The first-order valence-corrected chi connectivity index (χ1v) is 8.36. The Morgan fingerprint density at radius 1 is 1.40 bits per heavy atom. The summed E-state index contributed by atoms with van der Waals surface area (Å²) in [5.74, 6) is -0.212. The van der Waals surface area contributed by atoms with Gasteiger partial charge in [0, 0.05) is 18.5 Å². The molecule has 0 radical (unpaired) electrons. The fourth-order valence-electron chi connectivity index (χ4n) is 2.80. The standard InChI is InChI=1S/C12H18N4O3S/c1-7-3-2-6-16(7)12(17)10-11(20(13,18)19)9(14-15-10)8-4-5-8/h7-8H,2-6H2,1H3,(H,14,15)(H2,13,18,19). The number of aromatic amines is 1. The van der Waals surface area contributed by atoms with E-state index in [4.69, 9.17) is 5.14 Å². The lowest BCUT2D eigenvalue weighted by atomic mass is 10.2. The van der Waals surface area contributed by atoms with Crippen LogP contribution in [0.2, 0.25) is 0 Å². The molecule has 0 spiro atoms. The first-order chi connectivity index (χ1) is 9.39. The van der Waals surface area contributed by atoms with Crippen LogP contribution >= 0.6 is 0 Å². The third-order valence-electron chi connectivity index (χ3n) is 4.03. The van der Waals surface area contributed by atoms with Crippen LogP contribution in [0.5, 0.6) is 0 Å². The summed E-state index contributed by atoms with van der Waals surface area (Å²) in [4.78, 5) is 14.1. The van der Waals surface area contributed by atoms with Crippen LogP contribution in [0.1, 0.15) is 54.7 Å². The summed E-state index contributed by atoms with van der Waals surface area (Å²) in [6, 6.07) is 0.108. The molecule has 0 aromatic carbocycles. The molecule has 20 heavy (non-hydrogen) atoms. The van der Waals surface area contributed by atoms with Crippen LogP contribution in [0.25, 0.3) is 0 Å². The normalized spacial score (nSPS) is 23.3. The van der Waals surface area contributed by atoms with Crippen molar-refractivity contribution in [3.05, 3.63) is 11.4 Å². The number of carbonyl (C=O) groups is 1. The number of rotatable bonds is 3. The van der Waals surface area contributed by atoms with Gasteiger partial charge in [0.1, 0.15) is 4.90 Å². The number of likely N-dealkylation sites (tertiary alicyclic amines) is 1. The molecule has 3 N–H and O–H groups in total. The number of nitrogens with two attached hydrogens (primary N) is 1. The predicted octanol–water partition coefficient (Wildman–Crippen LogP) is 0.559. The number of aromatic nitrogens is 2. The van der Waals surface area contributed by atoms with E-state index in [2.05, 4.69) is 10.2 Å². The molecule has 3 rings (SSSR count). The Bertz CT molecular complexity index is 648. The Morgan fingerprint density at radius 2 is 2.10 bits per heavy atom. The maximum Gasteiger partial charge on any atom is 0.276 e. The Balaban J connectivity index is 2.03. The SMILES string of the molecule is CC1CCCN1C(=O)c1n[nH]c(C2CC2)c1S(N)(=O)=O. The minimum atomic E-state index is -3.96. The van der Waals surface area contributed by atoms with E-state index in [1.807, 2.05) is 6.92 Å². The molecule has 1 aliphatic carbocycles. The summed E-state index contributed by atoms with van der Waals surface area (Å²) in [6.07, 6.45) is 3.66. The highest BCUT2D eigenvalue weighted by Crippen LogP contribution is 2.42. The number of sulfonamides is 1. The topological polar surface area (TPSA) is 109 Å². The number of hydrogen-bond acceptors (Lipinski definition) is 4. The number of nitrogens with zero attached hydrogens (tertiary/aromatic N) is 2. The molecule has 2 heterocycles. The summed E-state index contributed by atoms with van der Waals surface area (Å²) in [5.41, 5.74) is 0.436. The van der Waals surface area contributed by atoms with Gasteiger partial charge in [0.05, 0.1) is 5.69 Å². The number of primary sulfonamides is 1. The first kappa shape index (κ1) is 13.6. The van der Waals surface area contributed by atoms with E-state index >= 15 is 0 Å². The summed E-state index contributed by atoms with van der Waals surface area (Å²) < 4.78 is 23.6. The molecule has 1 aromatic heterocycles. The molecule has 110 valence electrons. The Kier molecular flexibility index (Phi) is 3.09. The molecule has 1 aliphatic heterocycles. The quantitative estimate of drug-likeness (QED) is 0.849. The molecule has 1 saturated carbocycles. The molecule has 8 heteroatoms. The molecule has 1 amide bonds. The molecule has 1 atom stereocenters. The maximum absolute atomic E-state index is 12.5. The smallest absolute Gasteiger partial charge is 0.276 e. The zero-order valence-electron chi connectivity index (χ0n) is 11.3. The van der Waals surface area contributed by atoms with Crippen molar-refractivity contribution in [3.63, 3.8) is 0 Å². The third-order valence-corrected chi connectivity index (χ3v) is 5.02. The van der Waals surface area contributed by atoms with Crippen molar-refractivity contribution in [1.82, 2.24) is 15.1 Å². The lowest BCUT2D eigenvalue weighted by molar-refractivity contribution is 0.0737. The van der Waals surface area contributed by atoms with Crippen LogP contribution in [0.4, 0.5) is 0 Å². The van der Waals surface area contributed by atoms with E-state index in [9.17, 15) is 13.2 Å². The van der Waals surface area contributed by atoms with Crippen molar-refractivity contribution in [2.24, 2.45) is 5.14 Å². The van der Waals surface area contributed by atoms with E-state index in [0.29, 0.717) is 12.2 Å². The average Bonchev–Trinajstić information content (AvgIpc) is 2.95. The Hall–Kier alpha value is -1.41. The van der Waals surface area contributed by atoms with Gasteiger partial charge in [-0.05, 0) is 32.6 Å². The lowest BCUT2D eigenvalue weighted by Crippen LogP contribution is -2.35. The summed E-state index contributed by atoms with van der Waals surface area (Å²) in [6.45, 7) is 2.59. The fourth-order valence-corrected chi connectivity index (χ4v) is 3.72. The second kappa shape index (κ2) is 4.56. The third kappa shape index (κ3) is 2.22. The average molecular weight is 298 g/mol. The van der Waals surface area contributed by atoms with Crippen molar-refractivity contribution < 1.29 is 13.2 Å². The Labute approximate surface area is 117 Å². The van der Waals surface area contributed by atoms with Gasteiger partial charge in [-0.25, -0.2) is 13.6 Å². The van der Waals surface area contributed by atoms with E-state index in [0.717, 1.165) is 25.7 Å². The molecule has 2 fully saturated rings. The molecular formula is C12H18N4O3S. The molecular weight excluding hydrogens is 280 g/mol. The van der Waals surface area contributed by atoms with Gasteiger partial charge < -0.3 is 4.90 Å². The molecule has 1 saturated heterocycles. The highest BCUT2D eigenvalue weighted by molar-refractivity contribution is 7.89. The van der Waals surface area contributed by atoms with Crippen LogP contribution in [0.15, 0.2) is 4.90 Å². The first-order valence-electron chi connectivity index (χ1n) is 6.81. The Morgan fingerprint density at radius 3 is 2.60 bits per heavy atom. The van der Waals surface area contributed by atoms with Gasteiger partial charge in [-0.15, -0.1) is 0 Å².